The highest BCUT2D eigenvalue weighted by Crippen LogP contribution is 2.16. The van der Waals surface area contributed by atoms with E-state index in [1.54, 1.807) is 12.4 Å². The molecular formula is C9H8N4O4. The van der Waals surface area contributed by atoms with Crippen LogP contribution in [-0.4, -0.2) is 20.0 Å². The number of benzene rings is 1. The van der Waals surface area contributed by atoms with Crippen molar-refractivity contribution in [1.29, 1.82) is 0 Å². The second kappa shape index (κ2) is 5.95. The minimum atomic E-state index is -0.607. The molecule has 88 valence electrons. The fraction of sp³-hybridized carbons (Fsp3) is 0. The van der Waals surface area contributed by atoms with E-state index in [1.807, 2.05) is 6.07 Å². The van der Waals surface area contributed by atoms with Gasteiger partial charge in [0, 0.05) is 36.7 Å². The lowest BCUT2D eigenvalue weighted by Crippen LogP contribution is -1.90. The van der Waals surface area contributed by atoms with Gasteiger partial charge in [0.05, 0.1) is 9.85 Å². The number of nitrogens with zero attached hydrogens (tertiary/aromatic N) is 3. The number of hydrogen-bond donors (Lipinski definition) is 1. The van der Waals surface area contributed by atoms with Gasteiger partial charge in [0.15, 0.2) is 0 Å². The first-order valence-corrected chi connectivity index (χ1v) is 4.44. The van der Waals surface area contributed by atoms with Crippen molar-refractivity contribution in [2.75, 3.05) is 0 Å². The maximum Gasteiger partial charge on any atom is 0.269 e. The Morgan fingerprint density at radius 2 is 1.47 bits per heavy atom. The zero-order valence-electron chi connectivity index (χ0n) is 8.52. The van der Waals surface area contributed by atoms with Crippen molar-refractivity contribution < 1.29 is 9.85 Å². The number of nitro benzene ring substituents is 2. The normalized spacial score (nSPS) is 8.94. The Labute approximate surface area is 95.2 Å². The summed E-state index contributed by atoms with van der Waals surface area (Å²) in [4.78, 5) is 19.0. The number of aromatic amines is 1. The summed E-state index contributed by atoms with van der Waals surface area (Å²) in [7, 11) is 0. The predicted molar refractivity (Wildman–Crippen MR) is 58.3 cm³/mol. The summed E-state index contributed by atoms with van der Waals surface area (Å²) in [6, 6.07) is 6.21. The van der Waals surface area contributed by atoms with Crippen LogP contribution in [0.5, 0.6) is 0 Å². The highest BCUT2D eigenvalue weighted by Gasteiger charge is 2.08. The van der Waals surface area contributed by atoms with Gasteiger partial charge in [0.2, 0.25) is 0 Å². The number of H-pyrrole nitrogens is 1. The zero-order valence-corrected chi connectivity index (χ0v) is 8.52. The van der Waals surface area contributed by atoms with Crippen LogP contribution < -0.4 is 0 Å². The van der Waals surface area contributed by atoms with E-state index in [2.05, 4.69) is 10.2 Å². The number of nitrogens with one attached hydrogen (secondary N) is 1. The Morgan fingerprint density at radius 3 is 1.65 bits per heavy atom. The van der Waals surface area contributed by atoms with E-state index in [0.29, 0.717) is 0 Å². The number of hydrogen-bond acceptors (Lipinski definition) is 5. The summed E-state index contributed by atoms with van der Waals surface area (Å²) in [5.74, 6) is 0. The van der Waals surface area contributed by atoms with Crippen LogP contribution in [0.15, 0.2) is 42.7 Å². The molecule has 0 saturated carbocycles. The van der Waals surface area contributed by atoms with Crippen molar-refractivity contribution in [3.8, 4) is 0 Å². The highest BCUT2D eigenvalue weighted by molar-refractivity contribution is 5.39. The van der Waals surface area contributed by atoms with Crippen LogP contribution in [0.2, 0.25) is 0 Å². The lowest BCUT2D eigenvalue weighted by atomic mass is 10.3. The van der Waals surface area contributed by atoms with Gasteiger partial charge in [0.25, 0.3) is 11.4 Å². The minimum Gasteiger partial charge on any atom is -0.286 e. The monoisotopic (exact) mass is 236 g/mol. The molecule has 1 aromatic carbocycles. The molecule has 2 rings (SSSR count). The van der Waals surface area contributed by atoms with E-state index in [0.717, 1.165) is 24.3 Å². The van der Waals surface area contributed by atoms with Gasteiger partial charge in [-0.25, -0.2) is 0 Å². The molecular weight excluding hydrogens is 228 g/mol. The van der Waals surface area contributed by atoms with E-state index in [-0.39, 0.29) is 11.4 Å². The van der Waals surface area contributed by atoms with E-state index >= 15 is 0 Å². The van der Waals surface area contributed by atoms with Crippen LogP contribution in [0.3, 0.4) is 0 Å². The smallest absolute Gasteiger partial charge is 0.269 e. The molecule has 0 atom stereocenters. The van der Waals surface area contributed by atoms with Gasteiger partial charge in [-0.15, -0.1) is 0 Å². The summed E-state index contributed by atoms with van der Waals surface area (Å²) in [6.45, 7) is 0. The largest absolute Gasteiger partial charge is 0.286 e. The van der Waals surface area contributed by atoms with Crippen LogP contribution in [0.1, 0.15) is 0 Å². The summed E-state index contributed by atoms with van der Waals surface area (Å²) >= 11 is 0. The Hall–Kier alpha value is -2.77. The van der Waals surface area contributed by atoms with E-state index < -0.39 is 9.85 Å². The van der Waals surface area contributed by atoms with Crippen LogP contribution in [0.4, 0.5) is 11.4 Å². The number of nitro groups is 2. The molecule has 0 radical (unpaired) electrons. The summed E-state index contributed by atoms with van der Waals surface area (Å²) < 4.78 is 0. The van der Waals surface area contributed by atoms with Gasteiger partial charge in [-0.1, -0.05) is 0 Å². The maximum absolute atomic E-state index is 10.1. The zero-order chi connectivity index (χ0) is 12.7. The molecule has 0 aliphatic heterocycles. The van der Waals surface area contributed by atoms with E-state index in [1.165, 1.54) is 0 Å². The topological polar surface area (TPSA) is 115 Å². The maximum atomic E-state index is 10.1. The Kier molecular flexibility index (Phi) is 4.31. The summed E-state index contributed by atoms with van der Waals surface area (Å²) in [6.07, 6.45) is 3.46. The predicted octanol–water partition coefficient (Wildman–Crippen LogP) is 1.91. The lowest BCUT2D eigenvalue weighted by Gasteiger charge is -1.90. The molecule has 0 saturated heterocycles. The highest BCUT2D eigenvalue weighted by atomic mass is 16.6. The quantitative estimate of drug-likeness (QED) is 0.631. The molecule has 0 bridgehead atoms. The van der Waals surface area contributed by atoms with Gasteiger partial charge >= 0.3 is 0 Å². The molecule has 0 amide bonds. The second-order valence-electron chi connectivity index (χ2n) is 2.80. The Morgan fingerprint density at radius 1 is 1.00 bits per heavy atom. The SMILES string of the molecule is O=[N+]([O-])c1ccc([N+](=O)[O-])cc1.c1cn[nH]c1. The van der Waals surface area contributed by atoms with Crippen molar-refractivity contribution >= 4 is 11.4 Å². The first-order valence-electron chi connectivity index (χ1n) is 4.44. The van der Waals surface area contributed by atoms with Crippen LogP contribution in [0, 0.1) is 20.2 Å². The molecule has 0 unspecified atom stereocenters. The molecule has 17 heavy (non-hydrogen) atoms. The van der Waals surface area contributed by atoms with Gasteiger partial charge in [-0.2, -0.15) is 5.10 Å². The van der Waals surface area contributed by atoms with Crippen LogP contribution in [0.25, 0.3) is 0 Å². The number of aromatic nitrogens is 2. The first-order chi connectivity index (χ1) is 8.11. The van der Waals surface area contributed by atoms with Gasteiger partial charge in [-0.3, -0.25) is 25.3 Å². The standard InChI is InChI=1S/C6H4N2O4.C3H4N2/c9-7(10)5-1-2-6(4-3-5)8(11)12;1-2-4-5-3-1/h1-4H;1-3H,(H,4,5). The summed E-state index contributed by atoms with van der Waals surface area (Å²) in [5.41, 5.74) is -0.304. The Balaban J connectivity index is 0.000000239. The van der Waals surface area contributed by atoms with Gasteiger partial charge in [0.1, 0.15) is 0 Å². The fourth-order valence-corrected chi connectivity index (χ4v) is 0.911. The minimum absolute atomic E-state index is 0.152. The number of rotatable bonds is 2. The molecule has 0 fully saturated rings. The van der Waals surface area contributed by atoms with E-state index in [9.17, 15) is 20.2 Å². The van der Waals surface area contributed by atoms with Gasteiger partial charge < -0.3 is 0 Å². The molecule has 1 N–H and O–H groups in total. The number of non-ortho nitro benzene ring substituents is 2. The van der Waals surface area contributed by atoms with Gasteiger partial charge in [-0.05, 0) is 6.07 Å². The van der Waals surface area contributed by atoms with Crippen LogP contribution in [-0.2, 0) is 0 Å². The molecule has 0 aliphatic rings. The third-order valence-electron chi connectivity index (χ3n) is 1.68. The lowest BCUT2D eigenvalue weighted by molar-refractivity contribution is -0.389. The molecule has 8 heteroatoms. The average molecular weight is 236 g/mol. The molecule has 1 aromatic heterocycles. The molecule has 0 aliphatic carbocycles. The molecule has 1 heterocycles. The van der Waals surface area contributed by atoms with Crippen molar-refractivity contribution in [1.82, 2.24) is 10.2 Å². The van der Waals surface area contributed by atoms with Crippen molar-refractivity contribution in [3.05, 3.63) is 63.0 Å². The van der Waals surface area contributed by atoms with Crippen LogP contribution >= 0.6 is 0 Å². The summed E-state index contributed by atoms with van der Waals surface area (Å²) in [5, 5.41) is 26.4. The fourth-order valence-electron chi connectivity index (χ4n) is 0.911. The van der Waals surface area contributed by atoms with Crippen molar-refractivity contribution in [3.63, 3.8) is 0 Å². The van der Waals surface area contributed by atoms with Crippen molar-refractivity contribution in [2.24, 2.45) is 0 Å². The average Bonchev–Trinajstić information content (AvgIpc) is 2.87. The second-order valence-corrected chi connectivity index (χ2v) is 2.80. The molecule has 2 aromatic rings. The third kappa shape index (κ3) is 4.08. The van der Waals surface area contributed by atoms with E-state index in [4.69, 9.17) is 0 Å². The first kappa shape index (κ1) is 12.3. The molecule has 0 spiro atoms. The van der Waals surface area contributed by atoms with Crippen molar-refractivity contribution in [2.45, 2.75) is 0 Å². The Bertz CT molecular complexity index is 430. The molecule has 8 nitrogen and oxygen atoms in total. The third-order valence-corrected chi connectivity index (χ3v) is 1.68.